The van der Waals surface area contributed by atoms with Gasteiger partial charge in [-0.25, -0.2) is 4.79 Å². The van der Waals surface area contributed by atoms with Crippen LogP contribution in [0.15, 0.2) is 59.8 Å². The second-order valence-electron chi connectivity index (χ2n) is 7.00. The molecule has 0 bridgehead atoms. The average molecular weight is 377 g/mol. The molecule has 0 radical (unpaired) electrons. The standard InChI is InChI=1S/C21H19N3O4/c25-20-18-15(11-24(20)9-8-13-4-2-1-3-5-13)22-21(26)23-19(18)14-6-7-16-17(10-14)28-12-27-16/h1-7,10,19H,8-9,11-12H2,(H2,22,23,26)/t19-/m0/s1. The summed E-state index contributed by atoms with van der Waals surface area (Å²) in [5.41, 5.74) is 3.23. The summed E-state index contributed by atoms with van der Waals surface area (Å²) in [5.74, 6) is 1.24. The van der Waals surface area contributed by atoms with Gasteiger partial charge < -0.3 is 25.0 Å². The fourth-order valence-electron chi connectivity index (χ4n) is 3.86. The van der Waals surface area contributed by atoms with Crippen LogP contribution >= 0.6 is 0 Å². The molecule has 2 N–H and O–H groups in total. The lowest BCUT2D eigenvalue weighted by atomic mass is 9.96. The Labute approximate surface area is 161 Å². The van der Waals surface area contributed by atoms with Gasteiger partial charge in [-0.3, -0.25) is 4.79 Å². The van der Waals surface area contributed by atoms with Crippen molar-refractivity contribution in [1.29, 1.82) is 0 Å². The first-order valence-corrected chi connectivity index (χ1v) is 9.22. The van der Waals surface area contributed by atoms with Crippen LogP contribution in [0.2, 0.25) is 0 Å². The molecule has 28 heavy (non-hydrogen) atoms. The zero-order chi connectivity index (χ0) is 19.1. The number of fused-ring (bicyclic) bond motifs is 1. The number of nitrogens with zero attached hydrogens (tertiary/aromatic N) is 1. The Hall–Kier alpha value is -3.48. The molecule has 0 saturated carbocycles. The van der Waals surface area contributed by atoms with E-state index in [-0.39, 0.29) is 18.7 Å². The topological polar surface area (TPSA) is 79.9 Å². The SMILES string of the molecule is O=C1NC2=C(C(=O)N(CCc3ccccc3)C2)[C@H](c2ccc3c(c2)OCO3)N1. The summed E-state index contributed by atoms with van der Waals surface area (Å²) in [6.07, 6.45) is 0.767. The van der Waals surface area contributed by atoms with Crippen LogP contribution in [0.3, 0.4) is 0 Å². The Bertz CT molecular complexity index is 986. The van der Waals surface area contributed by atoms with Crippen LogP contribution in [-0.4, -0.2) is 36.7 Å². The first-order chi connectivity index (χ1) is 13.7. The predicted molar refractivity (Wildman–Crippen MR) is 101 cm³/mol. The second kappa shape index (κ2) is 6.60. The molecule has 3 amide bonds. The highest BCUT2D eigenvalue weighted by Gasteiger charge is 2.40. The van der Waals surface area contributed by atoms with E-state index in [1.165, 1.54) is 5.56 Å². The molecule has 0 aliphatic carbocycles. The molecule has 5 rings (SSSR count). The average Bonchev–Trinajstić information content (AvgIpc) is 3.30. The minimum absolute atomic E-state index is 0.0545. The van der Waals surface area contributed by atoms with Crippen molar-refractivity contribution in [2.24, 2.45) is 0 Å². The minimum atomic E-state index is -0.507. The molecule has 3 aliphatic rings. The lowest BCUT2D eigenvalue weighted by Crippen LogP contribution is -2.44. The van der Waals surface area contributed by atoms with Crippen LogP contribution in [-0.2, 0) is 11.2 Å². The molecule has 3 aliphatic heterocycles. The molecule has 0 fully saturated rings. The summed E-state index contributed by atoms with van der Waals surface area (Å²) in [5, 5.41) is 5.67. The van der Waals surface area contributed by atoms with Crippen LogP contribution in [0.4, 0.5) is 4.79 Å². The van der Waals surface area contributed by atoms with Crippen molar-refractivity contribution in [3.63, 3.8) is 0 Å². The number of rotatable bonds is 4. The monoisotopic (exact) mass is 377 g/mol. The molecular weight excluding hydrogens is 358 g/mol. The quantitative estimate of drug-likeness (QED) is 0.855. The summed E-state index contributed by atoms with van der Waals surface area (Å²) in [7, 11) is 0. The Morgan fingerprint density at radius 3 is 2.71 bits per heavy atom. The number of carbonyl (C=O) groups excluding carboxylic acids is 2. The highest BCUT2D eigenvalue weighted by molar-refractivity contribution is 6.01. The first kappa shape index (κ1) is 16.7. The number of hydrogen-bond donors (Lipinski definition) is 2. The number of benzene rings is 2. The smallest absolute Gasteiger partial charge is 0.319 e. The van der Waals surface area contributed by atoms with E-state index in [0.717, 1.165) is 12.0 Å². The van der Waals surface area contributed by atoms with Gasteiger partial charge in [0.15, 0.2) is 11.5 Å². The van der Waals surface area contributed by atoms with Gasteiger partial charge >= 0.3 is 6.03 Å². The Morgan fingerprint density at radius 2 is 1.86 bits per heavy atom. The molecule has 1 atom stereocenters. The molecule has 0 saturated heterocycles. The lowest BCUT2D eigenvalue weighted by Gasteiger charge is -2.25. The minimum Gasteiger partial charge on any atom is -0.454 e. The van der Waals surface area contributed by atoms with Crippen molar-refractivity contribution in [3.05, 3.63) is 70.9 Å². The van der Waals surface area contributed by atoms with Gasteiger partial charge in [-0.05, 0) is 29.7 Å². The highest BCUT2D eigenvalue weighted by Crippen LogP contribution is 2.38. The molecule has 0 unspecified atom stereocenters. The third-order valence-electron chi connectivity index (χ3n) is 5.26. The van der Waals surface area contributed by atoms with Gasteiger partial charge in [0.1, 0.15) is 0 Å². The molecule has 7 heteroatoms. The van der Waals surface area contributed by atoms with E-state index >= 15 is 0 Å². The third-order valence-corrected chi connectivity index (χ3v) is 5.26. The Kier molecular flexibility index (Phi) is 3.93. The molecule has 7 nitrogen and oxygen atoms in total. The van der Waals surface area contributed by atoms with Crippen molar-refractivity contribution >= 4 is 11.9 Å². The maximum absolute atomic E-state index is 13.1. The van der Waals surface area contributed by atoms with Gasteiger partial charge in [0.2, 0.25) is 6.79 Å². The van der Waals surface area contributed by atoms with Crippen LogP contribution in [0.1, 0.15) is 17.2 Å². The molecule has 142 valence electrons. The Morgan fingerprint density at radius 1 is 1.04 bits per heavy atom. The van der Waals surface area contributed by atoms with Gasteiger partial charge in [-0.2, -0.15) is 0 Å². The van der Waals surface area contributed by atoms with E-state index in [1.807, 2.05) is 42.5 Å². The van der Waals surface area contributed by atoms with Crippen LogP contribution in [0, 0.1) is 0 Å². The fraction of sp³-hybridized carbons (Fsp3) is 0.238. The van der Waals surface area contributed by atoms with Gasteiger partial charge in [-0.1, -0.05) is 36.4 Å². The second-order valence-corrected chi connectivity index (χ2v) is 7.00. The van der Waals surface area contributed by atoms with E-state index < -0.39 is 6.04 Å². The van der Waals surface area contributed by atoms with Crippen molar-refractivity contribution in [1.82, 2.24) is 15.5 Å². The molecule has 2 aromatic rings. The Balaban J connectivity index is 1.39. The third kappa shape index (κ3) is 2.85. The van der Waals surface area contributed by atoms with Crippen molar-refractivity contribution in [2.75, 3.05) is 19.9 Å². The van der Waals surface area contributed by atoms with Crippen molar-refractivity contribution in [3.8, 4) is 11.5 Å². The lowest BCUT2D eigenvalue weighted by molar-refractivity contribution is -0.125. The number of urea groups is 1. The zero-order valence-electron chi connectivity index (χ0n) is 15.1. The highest BCUT2D eigenvalue weighted by atomic mass is 16.7. The summed E-state index contributed by atoms with van der Waals surface area (Å²) < 4.78 is 10.8. The largest absolute Gasteiger partial charge is 0.454 e. The molecule has 2 aromatic carbocycles. The summed E-state index contributed by atoms with van der Waals surface area (Å²) in [4.78, 5) is 27.1. The predicted octanol–water partition coefficient (Wildman–Crippen LogP) is 2.11. The molecule has 0 spiro atoms. The number of nitrogens with one attached hydrogen (secondary N) is 2. The van der Waals surface area contributed by atoms with Gasteiger partial charge in [-0.15, -0.1) is 0 Å². The first-order valence-electron chi connectivity index (χ1n) is 9.22. The van der Waals surface area contributed by atoms with Gasteiger partial charge in [0, 0.05) is 6.54 Å². The van der Waals surface area contributed by atoms with Crippen LogP contribution in [0.5, 0.6) is 11.5 Å². The summed E-state index contributed by atoms with van der Waals surface area (Å²) >= 11 is 0. The van der Waals surface area contributed by atoms with E-state index in [2.05, 4.69) is 10.6 Å². The number of hydrogen-bond acceptors (Lipinski definition) is 4. The molecule has 3 heterocycles. The van der Waals surface area contributed by atoms with Crippen LogP contribution in [0.25, 0.3) is 0 Å². The van der Waals surface area contributed by atoms with Crippen molar-refractivity contribution < 1.29 is 19.1 Å². The van der Waals surface area contributed by atoms with Gasteiger partial charge in [0.05, 0.1) is 23.9 Å². The number of amides is 3. The van der Waals surface area contributed by atoms with E-state index in [1.54, 1.807) is 11.0 Å². The normalized spacial score (nSPS) is 20.1. The molecular formula is C21H19N3O4. The number of ether oxygens (including phenoxy) is 2. The van der Waals surface area contributed by atoms with E-state index in [0.29, 0.717) is 35.9 Å². The summed E-state index contributed by atoms with van der Waals surface area (Å²) in [6, 6.07) is 14.7. The maximum atomic E-state index is 13.1. The number of carbonyl (C=O) groups is 2. The van der Waals surface area contributed by atoms with E-state index in [9.17, 15) is 9.59 Å². The zero-order valence-corrected chi connectivity index (χ0v) is 15.1. The summed E-state index contributed by atoms with van der Waals surface area (Å²) in [6.45, 7) is 1.19. The van der Waals surface area contributed by atoms with E-state index in [4.69, 9.17) is 9.47 Å². The molecule has 0 aromatic heterocycles. The fourth-order valence-corrected chi connectivity index (χ4v) is 3.86. The maximum Gasteiger partial charge on any atom is 0.319 e. The van der Waals surface area contributed by atoms with Gasteiger partial charge in [0.25, 0.3) is 5.91 Å². The van der Waals surface area contributed by atoms with Crippen LogP contribution < -0.4 is 20.1 Å². The van der Waals surface area contributed by atoms with Crippen molar-refractivity contribution in [2.45, 2.75) is 12.5 Å².